The largest absolute Gasteiger partial charge is 0.381 e. The molecular weight excluding hydrogens is 212 g/mol. The molecule has 2 rings (SSSR count). The predicted octanol–water partition coefficient (Wildman–Crippen LogP) is 1.87. The van der Waals surface area contributed by atoms with Crippen LogP contribution in [0.4, 0.5) is 0 Å². The molecule has 1 heterocycles. The summed E-state index contributed by atoms with van der Waals surface area (Å²) in [6.45, 7) is 5.94. The van der Waals surface area contributed by atoms with Gasteiger partial charge >= 0.3 is 0 Å². The molecular formula is C14H28N2O. The number of rotatable bonds is 3. The molecule has 0 spiro atoms. The maximum atomic E-state index is 5.45. The van der Waals surface area contributed by atoms with Gasteiger partial charge in [0.05, 0.1) is 6.10 Å². The van der Waals surface area contributed by atoms with Crippen LogP contribution >= 0.6 is 0 Å². The third kappa shape index (κ3) is 3.21. The van der Waals surface area contributed by atoms with Crippen LogP contribution in [0.15, 0.2) is 0 Å². The Balaban J connectivity index is 1.82. The van der Waals surface area contributed by atoms with Gasteiger partial charge in [-0.1, -0.05) is 6.92 Å². The van der Waals surface area contributed by atoms with E-state index in [1.54, 1.807) is 0 Å². The van der Waals surface area contributed by atoms with Gasteiger partial charge in [-0.3, -0.25) is 0 Å². The highest BCUT2D eigenvalue weighted by atomic mass is 16.5. The summed E-state index contributed by atoms with van der Waals surface area (Å²) in [7, 11) is 4.08. The standard InChI is InChI=1S/C14H28N2O/c1-10-9-16(3)11(2)7-14(10)15-12-5-6-13(8-12)17-4/h10-15H,5-9H2,1-4H3. The summed E-state index contributed by atoms with van der Waals surface area (Å²) in [5.41, 5.74) is 0. The van der Waals surface area contributed by atoms with Gasteiger partial charge in [0.1, 0.15) is 0 Å². The third-order valence-electron chi connectivity index (χ3n) is 4.78. The Morgan fingerprint density at radius 2 is 1.94 bits per heavy atom. The quantitative estimate of drug-likeness (QED) is 0.815. The van der Waals surface area contributed by atoms with Crippen LogP contribution in [0, 0.1) is 5.92 Å². The Bertz CT molecular complexity index is 246. The molecule has 2 fully saturated rings. The van der Waals surface area contributed by atoms with Crippen LogP contribution in [0.1, 0.15) is 39.5 Å². The lowest BCUT2D eigenvalue weighted by Crippen LogP contribution is -2.52. The number of ether oxygens (including phenoxy) is 1. The molecule has 1 saturated carbocycles. The van der Waals surface area contributed by atoms with Crippen LogP contribution in [0.3, 0.4) is 0 Å². The summed E-state index contributed by atoms with van der Waals surface area (Å²) in [6, 6.07) is 2.09. The first-order valence-electron chi connectivity index (χ1n) is 7.09. The molecule has 0 radical (unpaired) electrons. The Kier molecular flexibility index (Phi) is 4.45. The molecule has 1 N–H and O–H groups in total. The molecule has 0 aromatic rings. The first-order chi connectivity index (χ1) is 8.10. The van der Waals surface area contributed by atoms with E-state index in [4.69, 9.17) is 4.74 Å². The fraction of sp³-hybridized carbons (Fsp3) is 1.00. The van der Waals surface area contributed by atoms with E-state index in [1.165, 1.54) is 32.2 Å². The molecule has 0 bridgehead atoms. The summed E-state index contributed by atoms with van der Waals surface area (Å²) in [5, 5.41) is 3.88. The number of methoxy groups -OCH3 is 1. The minimum Gasteiger partial charge on any atom is -0.381 e. The normalized spacial score (nSPS) is 44.1. The highest BCUT2D eigenvalue weighted by Crippen LogP contribution is 2.26. The van der Waals surface area contributed by atoms with E-state index < -0.39 is 0 Å². The van der Waals surface area contributed by atoms with Crippen molar-refractivity contribution in [3.8, 4) is 0 Å². The van der Waals surface area contributed by atoms with Crippen molar-refractivity contribution in [2.75, 3.05) is 20.7 Å². The second-order valence-electron chi connectivity index (χ2n) is 6.14. The molecule has 1 aliphatic heterocycles. The Labute approximate surface area is 106 Å². The van der Waals surface area contributed by atoms with Gasteiger partial charge in [-0.2, -0.15) is 0 Å². The predicted molar refractivity (Wildman–Crippen MR) is 71.2 cm³/mol. The molecule has 0 aromatic heterocycles. The summed E-state index contributed by atoms with van der Waals surface area (Å²) in [4.78, 5) is 2.48. The van der Waals surface area contributed by atoms with Crippen LogP contribution in [-0.2, 0) is 4.74 Å². The Hall–Kier alpha value is -0.120. The smallest absolute Gasteiger partial charge is 0.0586 e. The van der Waals surface area contributed by atoms with Crippen molar-refractivity contribution in [3.63, 3.8) is 0 Å². The number of piperidine rings is 1. The van der Waals surface area contributed by atoms with Crippen LogP contribution in [-0.4, -0.2) is 49.8 Å². The second-order valence-corrected chi connectivity index (χ2v) is 6.14. The highest BCUT2D eigenvalue weighted by Gasteiger charge is 2.32. The van der Waals surface area contributed by atoms with E-state index in [0.29, 0.717) is 24.2 Å². The summed E-state index contributed by atoms with van der Waals surface area (Å²) < 4.78 is 5.45. The van der Waals surface area contributed by atoms with E-state index in [9.17, 15) is 0 Å². The van der Waals surface area contributed by atoms with E-state index in [1.807, 2.05) is 7.11 Å². The zero-order valence-electron chi connectivity index (χ0n) is 11.8. The average molecular weight is 240 g/mol. The monoisotopic (exact) mass is 240 g/mol. The van der Waals surface area contributed by atoms with E-state index in [2.05, 4.69) is 31.1 Å². The zero-order chi connectivity index (χ0) is 12.4. The molecule has 5 atom stereocenters. The lowest BCUT2D eigenvalue weighted by Gasteiger charge is -2.41. The van der Waals surface area contributed by atoms with Crippen LogP contribution in [0.5, 0.6) is 0 Å². The second kappa shape index (κ2) is 5.68. The number of likely N-dealkylation sites (tertiary alicyclic amines) is 1. The van der Waals surface area contributed by atoms with Crippen LogP contribution < -0.4 is 5.32 Å². The average Bonchev–Trinajstić information content (AvgIpc) is 2.73. The number of nitrogens with zero attached hydrogens (tertiary/aromatic N) is 1. The van der Waals surface area contributed by atoms with Gasteiger partial charge in [-0.25, -0.2) is 0 Å². The Morgan fingerprint density at radius 3 is 2.59 bits per heavy atom. The summed E-state index contributed by atoms with van der Waals surface area (Å²) in [5.74, 6) is 0.762. The molecule has 3 nitrogen and oxygen atoms in total. The zero-order valence-corrected chi connectivity index (χ0v) is 11.8. The first kappa shape index (κ1) is 13.3. The van der Waals surface area contributed by atoms with Crippen molar-refractivity contribution >= 4 is 0 Å². The van der Waals surface area contributed by atoms with E-state index in [0.717, 1.165) is 5.92 Å². The maximum absolute atomic E-state index is 5.45. The van der Waals surface area contributed by atoms with E-state index >= 15 is 0 Å². The molecule has 100 valence electrons. The molecule has 2 aliphatic rings. The fourth-order valence-electron chi connectivity index (χ4n) is 3.38. The SMILES string of the molecule is COC1CCC(NC2CC(C)N(C)CC2C)C1. The van der Waals surface area contributed by atoms with Crippen molar-refractivity contribution in [2.45, 2.75) is 63.8 Å². The molecule has 5 unspecified atom stereocenters. The lowest BCUT2D eigenvalue weighted by atomic mass is 9.89. The lowest BCUT2D eigenvalue weighted by molar-refractivity contribution is 0.0983. The molecule has 0 amide bonds. The molecule has 17 heavy (non-hydrogen) atoms. The Morgan fingerprint density at radius 1 is 1.18 bits per heavy atom. The highest BCUT2D eigenvalue weighted by molar-refractivity contribution is 4.90. The summed E-state index contributed by atoms with van der Waals surface area (Å²) in [6.07, 6.45) is 5.48. The van der Waals surface area contributed by atoms with Crippen LogP contribution in [0.25, 0.3) is 0 Å². The van der Waals surface area contributed by atoms with Gasteiger partial charge in [-0.15, -0.1) is 0 Å². The molecule has 3 heteroatoms. The number of hydrogen-bond acceptors (Lipinski definition) is 3. The van der Waals surface area contributed by atoms with Crippen molar-refractivity contribution in [2.24, 2.45) is 5.92 Å². The number of nitrogens with one attached hydrogen (secondary N) is 1. The van der Waals surface area contributed by atoms with E-state index in [-0.39, 0.29) is 0 Å². The third-order valence-corrected chi connectivity index (χ3v) is 4.78. The maximum Gasteiger partial charge on any atom is 0.0586 e. The first-order valence-corrected chi connectivity index (χ1v) is 7.09. The van der Waals surface area contributed by atoms with Crippen molar-refractivity contribution in [1.82, 2.24) is 10.2 Å². The van der Waals surface area contributed by atoms with Gasteiger partial charge < -0.3 is 15.0 Å². The fourth-order valence-corrected chi connectivity index (χ4v) is 3.38. The summed E-state index contributed by atoms with van der Waals surface area (Å²) >= 11 is 0. The van der Waals surface area contributed by atoms with Gasteiger partial charge in [0.15, 0.2) is 0 Å². The van der Waals surface area contributed by atoms with Gasteiger partial charge in [-0.05, 0) is 45.6 Å². The van der Waals surface area contributed by atoms with Crippen LogP contribution in [0.2, 0.25) is 0 Å². The minimum atomic E-state index is 0.492. The van der Waals surface area contributed by atoms with Crippen molar-refractivity contribution < 1.29 is 4.74 Å². The topological polar surface area (TPSA) is 24.5 Å². The van der Waals surface area contributed by atoms with Gasteiger partial charge in [0.2, 0.25) is 0 Å². The van der Waals surface area contributed by atoms with Gasteiger partial charge in [0, 0.05) is 31.8 Å². The molecule has 1 saturated heterocycles. The molecule has 1 aliphatic carbocycles. The van der Waals surface area contributed by atoms with Crippen molar-refractivity contribution in [1.29, 1.82) is 0 Å². The number of hydrogen-bond donors (Lipinski definition) is 1. The van der Waals surface area contributed by atoms with Crippen molar-refractivity contribution in [3.05, 3.63) is 0 Å². The molecule has 0 aromatic carbocycles. The van der Waals surface area contributed by atoms with Gasteiger partial charge in [0.25, 0.3) is 0 Å². The minimum absolute atomic E-state index is 0.492.